The monoisotopic (exact) mass is 346 g/mol. The summed E-state index contributed by atoms with van der Waals surface area (Å²) in [5.74, 6) is 0.778. The Morgan fingerprint density at radius 2 is 2.38 bits per heavy atom. The van der Waals surface area contributed by atoms with Gasteiger partial charge in [-0.3, -0.25) is 9.36 Å². The largest absolute Gasteiger partial charge is 0.296 e. The number of hydrogen-bond donors (Lipinski definition) is 0. The van der Waals surface area contributed by atoms with Crippen LogP contribution in [-0.2, 0) is 13.0 Å². The third-order valence-electron chi connectivity index (χ3n) is 2.41. The van der Waals surface area contributed by atoms with Gasteiger partial charge in [0, 0.05) is 12.7 Å². The highest BCUT2D eigenvalue weighted by Crippen LogP contribution is 2.08. The molecule has 0 N–H and O–H groups in total. The van der Waals surface area contributed by atoms with Crippen LogP contribution < -0.4 is 5.56 Å². The van der Waals surface area contributed by atoms with Crippen LogP contribution in [-0.4, -0.2) is 9.55 Å². The van der Waals surface area contributed by atoms with Gasteiger partial charge in [0.15, 0.2) is 0 Å². The van der Waals surface area contributed by atoms with Gasteiger partial charge < -0.3 is 0 Å². The molecule has 0 spiro atoms. The van der Waals surface area contributed by atoms with E-state index in [0.29, 0.717) is 10.1 Å². The van der Waals surface area contributed by atoms with E-state index >= 15 is 0 Å². The second-order valence-electron chi connectivity index (χ2n) is 3.49. The summed E-state index contributed by atoms with van der Waals surface area (Å²) in [4.78, 5) is 16.1. The molecule has 2 heterocycles. The van der Waals surface area contributed by atoms with Gasteiger partial charge in [-0.15, -0.1) is 0 Å². The summed E-state index contributed by atoms with van der Waals surface area (Å²) in [5, 5.41) is 4.17. The lowest BCUT2D eigenvalue weighted by atomic mass is 10.2. The predicted molar refractivity (Wildman–Crippen MR) is 74.0 cm³/mol. The summed E-state index contributed by atoms with van der Waals surface area (Å²) in [6.07, 6.45) is 2.51. The van der Waals surface area contributed by atoms with Gasteiger partial charge in [0.25, 0.3) is 5.56 Å². The van der Waals surface area contributed by atoms with Crippen molar-refractivity contribution in [3.8, 4) is 0 Å². The smallest absolute Gasteiger partial charge is 0.266 e. The van der Waals surface area contributed by atoms with Gasteiger partial charge in [-0.1, -0.05) is 0 Å². The van der Waals surface area contributed by atoms with Crippen LogP contribution in [0.15, 0.2) is 27.8 Å². The van der Waals surface area contributed by atoms with Crippen molar-refractivity contribution < 1.29 is 0 Å². The average molecular weight is 346 g/mol. The summed E-state index contributed by atoms with van der Waals surface area (Å²) >= 11 is 3.71. The summed E-state index contributed by atoms with van der Waals surface area (Å²) in [6, 6.07) is 2.09. The number of halogens is 1. The molecule has 3 nitrogen and oxygen atoms in total. The third-order valence-corrected chi connectivity index (χ3v) is 3.88. The van der Waals surface area contributed by atoms with Crippen molar-refractivity contribution in [1.82, 2.24) is 9.55 Å². The number of thiophene rings is 1. The van der Waals surface area contributed by atoms with Crippen molar-refractivity contribution in [3.05, 3.63) is 48.3 Å². The fourth-order valence-electron chi connectivity index (χ4n) is 1.49. The molecular formula is C11H11IN2OS. The van der Waals surface area contributed by atoms with Gasteiger partial charge in [0.1, 0.15) is 5.82 Å². The molecular weight excluding hydrogens is 335 g/mol. The summed E-state index contributed by atoms with van der Waals surface area (Å²) < 4.78 is 2.41. The van der Waals surface area contributed by atoms with Crippen molar-refractivity contribution in [2.24, 2.45) is 0 Å². The molecule has 0 bridgehead atoms. The second-order valence-corrected chi connectivity index (χ2v) is 5.43. The molecule has 0 aromatic carbocycles. The van der Waals surface area contributed by atoms with Crippen LogP contribution in [0.4, 0.5) is 0 Å². The highest BCUT2D eigenvalue weighted by Gasteiger charge is 2.05. The lowest BCUT2D eigenvalue weighted by molar-refractivity contribution is 0.627. The van der Waals surface area contributed by atoms with Crippen molar-refractivity contribution in [2.45, 2.75) is 19.9 Å². The van der Waals surface area contributed by atoms with Crippen molar-refractivity contribution >= 4 is 33.9 Å². The molecule has 2 rings (SSSR count). The normalized spacial score (nSPS) is 10.6. The number of aromatic nitrogens is 2. The first-order valence-corrected chi connectivity index (χ1v) is 6.93. The second kappa shape index (κ2) is 5.09. The zero-order chi connectivity index (χ0) is 11.5. The van der Waals surface area contributed by atoms with Gasteiger partial charge in [-0.25, -0.2) is 4.98 Å². The molecule has 0 aliphatic rings. The maximum Gasteiger partial charge on any atom is 0.266 e. The van der Waals surface area contributed by atoms with E-state index in [4.69, 9.17) is 0 Å². The van der Waals surface area contributed by atoms with Crippen LogP contribution in [0.5, 0.6) is 0 Å². The Bertz CT molecular complexity index is 533. The molecule has 2 aromatic heterocycles. The van der Waals surface area contributed by atoms with Gasteiger partial charge in [-0.2, -0.15) is 11.3 Å². The van der Waals surface area contributed by atoms with E-state index in [1.54, 1.807) is 22.1 Å². The van der Waals surface area contributed by atoms with Crippen LogP contribution in [0.25, 0.3) is 0 Å². The first kappa shape index (κ1) is 11.8. The quantitative estimate of drug-likeness (QED) is 0.801. The Kier molecular flexibility index (Phi) is 3.75. The molecule has 0 radical (unpaired) electrons. The molecule has 0 saturated carbocycles. The van der Waals surface area contributed by atoms with Gasteiger partial charge in [-0.05, 0) is 58.3 Å². The molecule has 0 saturated heterocycles. The molecule has 0 aliphatic carbocycles. The minimum atomic E-state index is 0.0586. The van der Waals surface area contributed by atoms with Crippen molar-refractivity contribution in [3.63, 3.8) is 0 Å². The lowest BCUT2D eigenvalue weighted by Gasteiger charge is -2.08. The first-order chi connectivity index (χ1) is 7.68. The Morgan fingerprint density at radius 1 is 1.56 bits per heavy atom. The van der Waals surface area contributed by atoms with Gasteiger partial charge in [0.05, 0.1) is 3.57 Å². The number of hydrogen-bond acceptors (Lipinski definition) is 3. The Balaban J connectivity index is 2.21. The molecule has 0 amide bonds. The van der Waals surface area contributed by atoms with E-state index in [9.17, 15) is 4.79 Å². The SMILES string of the molecule is Cc1ncc(I)c(=O)n1CCc1ccsc1. The van der Waals surface area contributed by atoms with Crippen LogP contribution in [0.2, 0.25) is 0 Å². The number of rotatable bonds is 3. The Hall–Kier alpha value is -0.690. The van der Waals surface area contributed by atoms with E-state index in [0.717, 1.165) is 12.2 Å². The van der Waals surface area contributed by atoms with E-state index < -0.39 is 0 Å². The zero-order valence-electron chi connectivity index (χ0n) is 8.81. The standard InChI is InChI=1S/C11H11IN2OS/c1-8-13-6-10(12)11(15)14(8)4-2-9-3-5-16-7-9/h3,5-7H,2,4H2,1H3. The fraction of sp³-hybridized carbons (Fsp3) is 0.273. The highest BCUT2D eigenvalue weighted by molar-refractivity contribution is 14.1. The highest BCUT2D eigenvalue weighted by atomic mass is 127. The molecule has 0 aliphatic heterocycles. The van der Waals surface area contributed by atoms with Crippen LogP contribution >= 0.6 is 33.9 Å². The first-order valence-electron chi connectivity index (χ1n) is 4.91. The minimum Gasteiger partial charge on any atom is -0.296 e. The lowest BCUT2D eigenvalue weighted by Crippen LogP contribution is -2.26. The molecule has 5 heteroatoms. The average Bonchev–Trinajstić information content (AvgIpc) is 2.77. The van der Waals surface area contributed by atoms with Crippen molar-refractivity contribution in [1.29, 1.82) is 0 Å². The molecule has 0 atom stereocenters. The Labute approximate surface area is 111 Å². The van der Waals surface area contributed by atoms with Gasteiger partial charge >= 0.3 is 0 Å². The Morgan fingerprint density at radius 3 is 3.06 bits per heavy atom. The van der Waals surface area contributed by atoms with Crippen LogP contribution in [0.1, 0.15) is 11.4 Å². The number of aryl methyl sites for hydroxylation is 2. The van der Waals surface area contributed by atoms with E-state index in [-0.39, 0.29) is 5.56 Å². The van der Waals surface area contributed by atoms with E-state index in [1.807, 2.05) is 29.5 Å². The summed E-state index contributed by atoms with van der Waals surface area (Å²) in [7, 11) is 0. The van der Waals surface area contributed by atoms with Crippen LogP contribution in [0, 0.1) is 10.5 Å². The molecule has 16 heavy (non-hydrogen) atoms. The summed E-state index contributed by atoms with van der Waals surface area (Å²) in [6.45, 7) is 2.57. The molecule has 2 aromatic rings. The third kappa shape index (κ3) is 2.52. The van der Waals surface area contributed by atoms with E-state index in [1.165, 1.54) is 5.56 Å². The summed E-state index contributed by atoms with van der Waals surface area (Å²) in [5.41, 5.74) is 1.33. The minimum absolute atomic E-state index is 0.0586. The fourth-order valence-corrected chi connectivity index (χ4v) is 2.62. The molecule has 0 unspecified atom stereocenters. The van der Waals surface area contributed by atoms with E-state index in [2.05, 4.69) is 21.8 Å². The maximum absolute atomic E-state index is 11.9. The predicted octanol–water partition coefficient (Wildman–Crippen LogP) is 2.46. The number of nitrogens with zero attached hydrogens (tertiary/aromatic N) is 2. The van der Waals surface area contributed by atoms with Crippen molar-refractivity contribution in [2.75, 3.05) is 0 Å². The zero-order valence-corrected chi connectivity index (χ0v) is 11.8. The topological polar surface area (TPSA) is 34.9 Å². The molecule has 0 fully saturated rings. The van der Waals surface area contributed by atoms with Crippen LogP contribution in [0.3, 0.4) is 0 Å². The maximum atomic E-state index is 11.9. The van der Waals surface area contributed by atoms with Gasteiger partial charge in [0.2, 0.25) is 0 Å². The molecule has 84 valence electrons.